The third-order valence-corrected chi connectivity index (χ3v) is 3.88. The molecule has 0 atom stereocenters. The summed E-state index contributed by atoms with van der Waals surface area (Å²) in [5, 5.41) is 5.62. The molecule has 2 heterocycles. The van der Waals surface area contributed by atoms with Gasteiger partial charge >= 0.3 is 0 Å². The van der Waals surface area contributed by atoms with Crippen molar-refractivity contribution in [1.29, 1.82) is 0 Å². The number of hydrogen-bond acceptors (Lipinski definition) is 4. The highest BCUT2D eigenvalue weighted by Gasteiger charge is 2.19. The second kappa shape index (κ2) is 6.83. The molecule has 1 aromatic heterocycles. The number of nitrogens with one attached hydrogen (secondary N) is 2. The molecule has 1 fully saturated rings. The zero-order chi connectivity index (χ0) is 14.5. The molecule has 6 heteroatoms. The van der Waals surface area contributed by atoms with E-state index in [-0.39, 0.29) is 11.6 Å². The number of rotatable bonds is 5. The molecule has 4 nitrogen and oxygen atoms in total. The van der Waals surface area contributed by atoms with E-state index >= 15 is 0 Å². The Morgan fingerprint density at radius 2 is 1.90 bits per heavy atom. The molecule has 112 valence electrons. The van der Waals surface area contributed by atoms with Crippen LogP contribution in [0.4, 0.5) is 20.4 Å². The SMILES string of the molecule is CCN1CCC(CNc2nc(NC)c(F)cc2F)CC1. The van der Waals surface area contributed by atoms with Crippen molar-refractivity contribution in [2.24, 2.45) is 5.92 Å². The summed E-state index contributed by atoms with van der Waals surface area (Å²) in [5.74, 6) is -0.621. The van der Waals surface area contributed by atoms with Gasteiger partial charge in [0.05, 0.1) is 0 Å². The molecule has 2 N–H and O–H groups in total. The monoisotopic (exact) mass is 284 g/mol. The molecule has 0 saturated carbocycles. The highest BCUT2D eigenvalue weighted by Crippen LogP contribution is 2.21. The first-order valence-electron chi connectivity index (χ1n) is 7.14. The maximum absolute atomic E-state index is 13.6. The van der Waals surface area contributed by atoms with Crippen LogP contribution in [0.1, 0.15) is 19.8 Å². The second-order valence-corrected chi connectivity index (χ2v) is 5.16. The third-order valence-electron chi connectivity index (χ3n) is 3.88. The van der Waals surface area contributed by atoms with Gasteiger partial charge in [0.2, 0.25) is 0 Å². The predicted octanol–water partition coefficient (Wildman–Crippen LogP) is 2.55. The summed E-state index contributed by atoms with van der Waals surface area (Å²) in [6.07, 6.45) is 2.20. The Kier molecular flexibility index (Phi) is 5.11. The Labute approximate surface area is 118 Å². The zero-order valence-corrected chi connectivity index (χ0v) is 12.0. The van der Waals surface area contributed by atoms with Crippen LogP contribution in [0.25, 0.3) is 0 Å². The van der Waals surface area contributed by atoms with Crippen molar-refractivity contribution < 1.29 is 8.78 Å². The number of halogens is 2. The Morgan fingerprint density at radius 3 is 2.50 bits per heavy atom. The molecule has 20 heavy (non-hydrogen) atoms. The van der Waals surface area contributed by atoms with Crippen LogP contribution in [0.5, 0.6) is 0 Å². The molecule has 0 unspecified atom stereocenters. The van der Waals surface area contributed by atoms with Gasteiger partial charge in [-0.05, 0) is 38.4 Å². The van der Waals surface area contributed by atoms with Crippen LogP contribution < -0.4 is 10.6 Å². The van der Waals surface area contributed by atoms with E-state index in [0.29, 0.717) is 12.5 Å². The van der Waals surface area contributed by atoms with Crippen LogP contribution in [0, 0.1) is 17.6 Å². The van der Waals surface area contributed by atoms with Crippen LogP contribution in [0.15, 0.2) is 6.07 Å². The molecule has 0 bridgehead atoms. The van der Waals surface area contributed by atoms with Crippen molar-refractivity contribution in [3.8, 4) is 0 Å². The maximum Gasteiger partial charge on any atom is 0.168 e. The lowest BCUT2D eigenvalue weighted by Gasteiger charge is -2.31. The summed E-state index contributed by atoms with van der Waals surface area (Å²) in [7, 11) is 1.56. The summed E-state index contributed by atoms with van der Waals surface area (Å²) in [4.78, 5) is 6.33. The molecule has 1 aromatic rings. The quantitative estimate of drug-likeness (QED) is 0.872. The molecule has 1 saturated heterocycles. The fourth-order valence-corrected chi connectivity index (χ4v) is 2.51. The lowest BCUT2D eigenvalue weighted by Crippen LogP contribution is -2.35. The molecular formula is C14H22F2N4. The first-order chi connectivity index (χ1) is 9.63. The van der Waals surface area contributed by atoms with Crippen molar-refractivity contribution in [3.05, 3.63) is 17.7 Å². The van der Waals surface area contributed by atoms with Crippen LogP contribution in [-0.2, 0) is 0 Å². The van der Waals surface area contributed by atoms with Crippen molar-refractivity contribution in [2.45, 2.75) is 19.8 Å². The van der Waals surface area contributed by atoms with Gasteiger partial charge in [0.25, 0.3) is 0 Å². The van der Waals surface area contributed by atoms with Gasteiger partial charge in [-0.15, -0.1) is 0 Å². The fourth-order valence-electron chi connectivity index (χ4n) is 2.51. The van der Waals surface area contributed by atoms with Crippen molar-refractivity contribution >= 4 is 11.6 Å². The van der Waals surface area contributed by atoms with Crippen LogP contribution in [0.3, 0.4) is 0 Å². The maximum atomic E-state index is 13.6. The lowest BCUT2D eigenvalue weighted by molar-refractivity contribution is 0.198. The van der Waals surface area contributed by atoms with E-state index in [1.165, 1.54) is 0 Å². The fraction of sp³-hybridized carbons (Fsp3) is 0.643. The third kappa shape index (κ3) is 3.56. The molecule has 0 aliphatic carbocycles. The average molecular weight is 284 g/mol. The Bertz CT molecular complexity index is 445. The van der Waals surface area contributed by atoms with Gasteiger partial charge in [-0.2, -0.15) is 0 Å². The van der Waals surface area contributed by atoms with Crippen molar-refractivity contribution in [2.75, 3.05) is 43.9 Å². The minimum Gasteiger partial charge on any atom is -0.371 e. The molecule has 0 aromatic carbocycles. The number of nitrogens with zero attached hydrogens (tertiary/aromatic N) is 2. The molecule has 1 aliphatic heterocycles. The minimum atomic E-state index is -0.674. The summed E-state index contributed by atoms with van der Waals surface area (Å²) in [6.45, 7) is 6.10. The van der Waals surface area contributed by atoms with E-state index in [9.17, 15) is 8.78 Å². The lowest BCUT2D eigenvalue weighted by atomic mass is 9.97. The first kappa shape index (κ1) is 15.0. The summed E-state index contributed by atoms with van der Waals surface area (Å²) < 4.78 is 26.9. The van der Waals surface area contributed by atoms with E-state index in [1.807, 2.05) is 0 Å². The summed E-state index contributed by atoms with van der Waals surface area (Å²) >= 11 is 0. The van der Waals surface area contributed by atoms with E-state index in [4.69, 9.17) is 0 Å². The molecule has 2 rings (SSSR count). The summed E-state index contributed by atoms with van der Waals surface area (Å²) in [6, 6.07) is 0.862. The highest BCUT2D eigenvalue weighted by atomic mass is 19.1. The predicted molar refractivity (Wildman–Crippen MR) is 77.0 cm³/mol. The second-order valence-electron chi connectivity index (χ2n) is 5.16. The first-order valence-corrected chi connectivity index (χ1v) is 7.14. The largest absolute Gasteiger partial charge is 0.371 e. The van der Waals surface area contributed by atoms with Gasteiger partial charge in [-0.3, -0.25) is 0 Å². The normalized spacial score (nSPS) is 17.2. The van der Waals surface area contributed by atoms with Crippen LogP contribution in [-0.4, -0.2) is 43.1 Å². The number of aromatic nitrogens is 1. The standard InChI is InChI=1S/C14H22F2N4/c1-3-20-6-4-10(5-7-20)9-18-14-12(16)8-11(15)13(17-2)19-14/h8,10H,3-7,9H2,1-2H3,(H2,17,18,19). The number of anilines is 2. The molecule has 0 spiro atoms. The number of likely N-dealkylation sites (tertiary alicyclic amines) is 1. The summed E-state index contributed by atoms with van der Waals surface area (Å²) in [5.41, 5.74) is 0. The van der Waals surface area contributed by atoms with Gasteiger partial charge in [-0.25, -0.2) is 13.8 Å². The van der Waals surface area contributed by atoms with Gasteiger partial charge in [0.15, 0.2) is 23.3 Å². The average Bonchev–Trinajstić information content (AvgIpc) is 2.47. The Morgan fingerprint density at radius 1 is 1.25 bits per heavy atom. The molecule has 1 aliphatic rings. The zero-order valence-electron chi connectivity index (χ0n) is 12.0. The topological polar surface area (TPSA) is 40.2 Å². The van der Waals surface area contributed by atoms with E-state index in [2.05, 4.69) is 27.4 Å². The van der Waals surface area contributed by atoms with E-state index < -0.39 is 11.6 Å². The van der Waals surface area contributed by atoms with E-state index in [1.54, 1.807) is 7.05 Å². The van der Waals surface area contributed by atoms with Crippen molar-refractivity contribution in [1.82, 2.24) is 9.88 Å². The minimum absolute atomic E-state index is 0.0645. The number of hydrogen-bond donors (Lipinski definition) is 2. The Hall–Kier alpha value is -1.43. The molecular weight excluding hydrogens is 262 g/mol. The van der Waals surface area contributed by atoms with E-state index in [0.717, 1.165) is 38.5 Å². The highest BCUT2D eigenvalue weighted by molar-refractivity contribution is 5.47. The van der Waals surface area contributed by atoms with Crippen LogP contribution in [0.2, 0.25) is 0 Å². The molecule has 0 amide bonds. The van der Waals surface area contributed by atoms with Gasteiger partial charge in [-0.1, -0.05) is 6.92 Å². The number of pyridine rings is 1. The van der Waals surface area contributed by atoms with Crippen molar-refractivity contribution in [3.63, 3.8) is 0 Å². The molecule has 0 radical (unpaired) electrons. The van der Waals surface area contributed by atoms with Crippen LogP contribution >= 0.6 is 0 Å². The van der Waals surface area contributed by atoms with Gasteiger partial charge in [0.1, 0.15) is 0 Å². The smallest absolute Gasteiger partial charge is 0.168 e. The van der Waals surface area contributed by atoms with Gasteiger partial charge in [0, 0.05) is 19.7 Å². The Balaban J connectivity index is 1.91. The van der Waals surface area contributed by atoms with Gasteiger partial charge < -0.3 is 15.5 Å². The number of piperidine rings is 1.